The lowest BCUT2D eigenvalue weighted by Crippen LogP contribution is -2.73. The lowest BCUT2D eigenvalue weighted by atomic mass is 9.53. The Morgan fingerprint density at radius 3 is 2.86 bits per heavy atom. The second-order valence-corrected chi connectivity index (χ2v) is 10.3. The number of carbonyl (C=O) groups excluding carboxylic acids is 1. The maximum Gasteiger partial charge on any atom is 0.407 e. The zero-order valence-electron chi connectivity index (χ0n) is 20.5. The first-order chi connectivity index (χ1) is 16.7. The van der Waals surface area contributed by atoms with Gasteiger partial charge in [-0.05, 0) is 52.2 Å². The summed E-state index contributed by atoms with van der Waals surface area (Å²) in [4.78, 5) is 17.4. The number of nitrogens with zero attached hydrogens (tertiary/aromatic N) is 4. The number of alkyl carbamates (subject to hydrolysis) is 1. The molecule has 5 heterocycles. The van der Waals surface area contributed by atoms with Crippen LogP contribution in [0.15, 0.2) is 36.8 Å². The lowest BCUT2D eigenvalue weighted by Gasteiger charge is -2.58. The molecule has 3 fully saturated rings. The molecule has 0 aromatic carbocycles. The number of aromatic nitrogens is 3. The number of ether oxygens (including phenoxy) is 2. The average Bonchev–Trinajstić information content (AvgIpc) is 3.24. The molecule has 0 radical (unpaired) electrons. The van der Waals surface area contributed by atoms with Gasteiger partial charge in [-0.15, -0.1) is 0 Å². The van der Waals surface area contributed by atoms with Crippen LogP contribution in [-0.4, -0.2) is 52.0 Å². The third-order valence-electron chi connectivity index (χ3n) is 6.82. The van der Waals surface area contributed by atoms with Crippen LogP contribution >= 0.6 is 0 Å². The maximum atomic E-state index is 12.5. The fourth-order valence-corrected chi connectivity index (χ4v) is 5.39. The Balaban J connectivity index is 1.47. The molecule has 35 heavy (non-hydrogen) atoms. The molecule has 9 nitrogen and oxygen atoms in total. The average molecular weight is 475 g/mol. The van der Waals surface area contributed by atoms with E-state index in [4.69, 9.17) is 14.5 Å². The van der Waals surface area contributed by atoms with Crippen LogP contribution in [0.2, 0.25) is 0 Å². The van der Waals surface area contributed by atoms with Crippen molar-refractivity contribution < 1.29 is 14.3 Å². The van der Waals surface area contributed by atoms with E-state index in [0.717, 1.165) is 41.8 Å². The zero-order chi connectivity index (χ0) is 24.8. The van der Waals surface area contributed by atoms with Crippen LogP contribution in [0.25, 0.3) is 16.6 Å². The highest BCUT2D eigenvalue weighted by atomic mass is 16.6. The summed E-state index contributed by atoms with van der Waals surface area (Å²) in [5.41, 5.74) is 3.00. The van der Waals surface area contributed by atoms with E-state index >= 15 is 0 Å². The Bertz CT molecular complexity index is 1300. The van der Waals surface area contributed by atoms with Gasteiger partial charge in [0.1, 0.15) is 17.4 Å². The number of hydrogen-bond acceptors (Lipinski definition) is 7. The first-order valence-corrected chi connectivity index (χ1v) is 12.0. The van der Waals surface area contributed by atoms with E-state index in [9.17, 15) is 10.1 Å². The molecule has 2 N–H and O–H groups in total. The lowest BCUT2D eigenvalue weighted by molar-refractivity contribution is 0.00392. The molecule has 3 aliphatic rings. The molecule has 3 aromatic rings. The van der Waals surface area contributed by atoms with E-state index in [1.807, 2.05) is 52.1 Å². The number of amides is 1. The Morgan fingerprint density at radius 1 is 1.37 bits per heavy atom. The Morgan fingerprint density at radius 2 is 2.20 bits per heavy atom. The summed E-state index contributed by atoms with van der Waals surface area (Å²) in [6.45, 7) is 9.64. The number of fused-ring (bicyclic) bond motifs is 3. The van der Waals surface area contributed by atoms with Crippen LogP contribution < -0.4 is 15.4 Å². The first kappa shape index (κ1) is 23.1. The number of pyridine rings is 2. The standard InChI is InChI=1S/C26H30N6O3/c1-5-34-19-8-20(22-18(10-27)13-30-32(22)14-19)16-6-7-21(29-12-16)26-9-17(11-28-15-26)23(26)31-24(33)35-25(2,3)4/h6-8,12-14,17,23,28H,5,9,11,15H2,1-4H3,(H,31,33)/t17-,23+,26-/m0/s1. The van der Waals surface area contributed by atoms with Crippen molar-refractivity contribution in [3.8, 4) is 22.9 Å². The van der Waals surface area contributed by atoms with Gasteiger partial charge in [-0.25, -0.2) is 9.31 Å². The van der Waals surface area contributed by atoms with Crippen molar-refractivity contribution in [2.75, 3.05) is 19.7 Å². The van der Waals surface area contributed by atoms with E-state index in [1.165, 1.54) is 0 Å². The number of hydrogen-bond donors (Lipinski definition) is 2. The van der Waals surface area contributed by atoms with Gasteiger partial charge in [0.2, 0.25) is 0 Å². The van der Waals surface area contributed by atoms with Crippen molar-refractivity contribution in [2.45, 2.75) is 51.2 Å². The molecule has 1 amide bonds. The van der Waals surface area contributed by atoms with Crippen LogP contribution in [0.3, 0.4) is 0 Å². The van der Waals surface area contributed by atoms with E-state index in [0.29, 0.717) is 23.8 Å². The summed E-state index contributed by atoms with van der Waals surface area (Å²) < 4.78 is 12.9. The van der Waals surface area contributed by atoms with Crippen molar-refractivity contribution in [1.82, 2.24) is 25.2 Å². The summed E-state index contributed by atoms with van der Waals surface area (Å²) in [5, 5.41) is 20.5. The van der Waals surface area contributed by atoms with Crippen molar-refractivity contribution >= 4 is 11.6 Å². The fourth-order valence-electron chi connectivity index (χ4n) is 5.39. The van der Waals surface area contributed by atoms with E-state index in [-0.39, 0.29) is 11.5 Å². The molecule has 0 spiro atoms. The molecule has 2 aliphatic heterocycles. The van der Waals surface area contributed by atoms with Crippen molar-refractivity contribution in [2.24, 2.45) is 5.92 Å². The van der Waals surface area contributed by atoms with Gasteiger partial charge in [-0.3, -0.25) is 4.98 Å². The molecular formula is C26H30N6O3. The topological polar surface area (TPSA) is 114 Å². The minimum absolute atomic E-state index is 0.0371. The zero-order valence-corrected chi connectivity index (χ0v) is 20.5. The minimum atomic E-state index is -0.550. The third-order valence-corrected chi connectivity index (χ3v) is 6.82. The van der Waals surface area contributed by atoms with E-state index in [2.05, 4.69) is 21.8 Å². The van der Waals surface area contributed by atoms with Gasteiger partial charge in [0.15, 0.2) is 0 Å². The first-order valence-electron chi connectivity index (χ1n) is 12.0. The van der Waals surface area contributed by atoms with Crippen LogP contribution in [-0.2, 0) is 10.2 Å². The van der Waals surface area contributed by atoms with Gasteiger partial charge < -0.3 is 20.1 Å². The number of piperidine rings is 2. The second-order valence-electron chi connectivity index (χ2n) is 10.3. The molecule has 0 unspecified atom stereocenters. The SMILES string of the molecule is CCOc1cc(-c2ccc([C@@]34CNC[C@H](C3)[C@H]4NC(=O)OC(C)(C)C)nc2)c2c(C#N)cnn2c1. The van der Waals surface area contributed by atoms with Crippen molar-refractivity contribution in [3.63, 3.8) is 0 Å². The molecule has 1 saturated carbocycles. The summed E-state index contributed by atoms with van der Waals surface area (Å²) in [6, 6.07) is 8.15. The molecule has 3 atom stereocenters. The number of nitrogens with one attached hydrogen (secondary N) is 2. The number of nitriles is 1. The predicted molar refractivity (Wildman–Crippen MR) is 130 cm³/mol. The fraction of sp³-hybridized carbons (Fsp3) is 0.462. The van der Waals surface area contributed by atoms with Crippen LogP contribution in [0, 0.1) is 17.2 Å². The van der Waals surface area contributed by atoms with Gasteiger partial charge in [-0.2, -0.15) is 10.4 Å². The highest BCUT2D eigenvalue weighted by molar-refractivity contribution is 5.85. The molecule has 182 valence electrons. The maximum absolute atomic E-state index is 12.5. The highest BCUT2D eigenvalue weighted by Crippen LogP contribution is 2.49. The Labute approximate surface area is 204 Å². The highest BCUT2D eigenvalue weighted by Gasteiger charge is 2.58. The van der Waals surface area contributed by atoms with Crippen LogP contribution in [0.1, 0.15) is 45.4 Å². The Kier molecular flexibility index (Phi) is 5.64. The summed E-state index contributed by atoms with van der Waals surface area (Å²) in [5.74, 6) is 1.01. The minimum Gasteiger partial charge on any atom is -0.492 e. The van der Waals surface area contributed by atoms with Gasteiger partial charge in [0.25, 0.3) is 0 Å². The van der Waals surface area contributed by atoms with Crippen LogP contribution in [0.4, 0.5) is 4.79 Å². The van der Waals surface area contributed by atoms with Gasteiger partial charge in [0.05, 0.1) is 30.1 Å². The van der Waals surface area contributed by atoms with Gasteiger partial charge >= 0.3 is 6.09 Å². The summed E-state index contributed by atoms with van der Waals surface area (Å²) in [7, 11) is 0. The van der Waals surface area contributed by atoms with E-state index in [1.54, 1.807) is 16.9 Å². The molecule has 2 bridgehead atoms. The normalized spacial score (nSPS) is 23.3. The number of rotatable bonds is 5. The van der Waals surface area contributed by atoms with Gasteiger partial charge in [-0.1, -0.05) is 6.07 Å². The van der Waals surface area contributed by atoms with Crippen molar-refractivity contribution in [1.29, 1.82) is 5.26 Å². The van der Waals surface area contributed by atoms with Crippen molar-refractivity contribution in [3.05, 3.63) is 48.0 Å². The molecule has 1 aliphatic carbocycles. The molecule has 3 aromatic heterocycles. The largest absolute Gasteiger partial charge is 0.492 e. The summed E-state index contributed by atoms with van der Waals surface area (Å²) >= 11 is 0. The number of carbonyl (C=O) groups is 1. The molecular weight excluding hydrogens is 444 g/mol. The monoisotopic (exact) mass is 474 g/mol. The third kappa shape index (κ3) is 4.08. The predicted octanol–water partition coefficient (Wildman–Crippen LogP) is 3.42. The quantitative estimate of drug-likeness (QED) is 0.582. The molecule has 2 saturated heterocycles. The second kappa shape index (κ2) is 8.54. The summed E-state index contributed by atoms with van der Waals surface area (Å²) in [6.07, 6.45) is 5.73. The van der Waals surface area contributed by atoms with Crippen LogP contribution in [0.5, 0.6) is 5.75 Å². The molecule has 6 rings (SSSR count). The smallest absolute Gasteiger partial charge is 0.407 e. The Hall–Kier alpha value is -3.64. The van der Waals surface area contributed by atoms with Gasteiger partial charge in [0, 0.05) is 47.6 Å². The van der Waals surface area contributed by atoms with E-state index < -0.39 is 11.7 Å². The molecule has 9 heteroatoms.